The van der Waals surface area contributed by atoms with Gasteiger partial charge in [0.25, 0.3) is 0 Å². The van der Waals surface area contributed by atoms with Crippen LogP contribution in [0.2, 0.25) is 0 Å². The van der Waals surface area contributed by atoms with E-state index < -0.39 is 18.4 Å². The number of aliphatic hydroxyl groups is 2. The van der Waals surface area contributed by atoms with Gasteiger partial charge in [-0.15, -0.1) is 0 Å². The summed E-state index contributed by atoms with van der Waals surface area (Å²) in [6.45, 7) is -0.231. The van der Waals surface area contributed by atoms with Crippen LogP contribution in [0.5, 0.6) is 0 Å². The summed E-state index contributed by atoms with van der Waals surface area (Å²) < 4.78 is 7.83. The minimum Gasteiger partial charge on any atom is -0.394 e. The number of H-pyrrole nitrogens is 1. The second kappa shape index (κ2) is 5.34. The van der Waals surface area contributed by atoms with Crippen molar-refractivity contribution in [3.05, 3.63) is 11.0 Å². The highest BCUT2D eigenvalue weighted by Crippen LogP contribution is 2.31. The van der Waals surface area contributed by atoms with Crippen molar-refractivity contribution in [1.82, 2.24) is 19.5 Å². The van der Waals surface area contributed by atoms with Gasteiger partial charge in [0.05, 0.1) is 18.9 Å². The molecular weight excluding hydrogens is 294 g/mol. The second-order valence-corrected chi connectivity index (χ2v) is 5.60. The van der Waals surface area contributed by atoms with E-state index in [-0.39, 0.29) is 6.61 Å². The normalized spacial score (nSPS) is 25.6. The van der Waals surface area contributed by atoms with Crippen LogP contribution < -0.4 is 4.90 Å². The molecule has 21 heavy (non-hydrogen) atoms. The van der Waals surface area contributed by atoms with Crippen LogP contribution in [0.1, 0.15) is 12.6 Å². The van der Waals surface area contributed by atoms with Gasteiger partial charge in [-0.2, -0.15) is 4.98 Å². The molecule has 0 unspecified atom stereocenters. The van der Waals surface area contributed by atoms with E-state index in [0.717, 1.165) is 0 Å². The largest absolute Gasteiger partial charge is 0.394 e. The monoisotopic (exact) mass is 311 g/mol. The first-order valence-electron chi connectivity index (χ1n) is 6.60. The summed E-state index contributed by atoms with van der Waals surface area (Å²) in [7, 11) is 3.70. The zero-order chi connectivity index (χ0) is 15.1. The first-order valence-corrected chi connectivity index (χ1v) is 7.01. The molecule has 0 saturated carbocycles. The molecule has 1 aliphatic rings. The molecule has 0 aliphatic carbocycles. The Kier molecular flexibility index (Phi) is 3.66. The number of hydrogen-bond acceptors (Lipinski definition) is 7. The van der Waals surface area contributed by atoms with Crippen LogP contribution in [0.3, 0.4) is 0 Å². The Morgan fingerprint density at radius 2 is 2.33 bits per heavy atom. The van der Waals surface area contributed by atoms with Gasteiger partial charge in [0.15, 0.2) is 10.4 Å². The summed E-state index contributed by atoms with van der Waals surface area (Å²) in [5.41, 5.74) is 1.32. The molecule has 3 N–H and O–H groups in total. The number of fused-ring (bicyclic) bond motifs is 1. The van der Waals surface area contributed by atoms with Crippen LogP contribution in [0.25, 0.3) is 11.2 Å². The van der Waals surface area contributed by atoms with Crippen molar-refractivity contribution < 1.29 is 14.9 Å². The average molecular weight is 311 g/mol. The quantitative estimate of drug-likeness (QED) is 0.696. The molecule has 3 rings (SSSR count). The molecule has 3 heterocycles. The molecule has 114 valence electrons. The number of imidazole rings is 1. The zero-order valence-corrected chi connectivity index (χ0v) is 12.5. The molecule has 0 amide bonds. The van der Waals surface area contributed by atoms with Crippen molar-refractivity contribution in [2.24, 2.45) is 0 Å². The van der Waals surface area contributed by atoms with Gasteiger partial charge in [0, 0.05) is 20.5 Å². The van der Waals surface area contributed by atoms with Crippen molar-refractivity contribution in [3.63, 3.8) is 0 Å². The number of nitrogens with one attached hydrogen (secondary N) is 1. The smallest absolute Gasteiger partial charge is 0.226 e. The number of hydrogen-bond donors (Lipinski definition) is 3. The van der Waals surface area contributed by atoms with Crippen molar-refractivity contribution in [2.75, 3.05) is 25.6 Å². The molecule has 1 aliphatic heterocycles. The fourth-order valence-corrected chi connectivity index (χ4v) is 2.74. The van der Waals surface area contributed by atoms with Crippen LogP contribution in [0.15, 0.2) is 6.20 Å². The second-order valence-electron chi connectivity index (χ2n) is 5.22. The molecule has 0 spiro atoms. The van der Waals surface area contributed by atoms with Crippen LogP contribution in [-0.2, 0) is 4.74 Å². The Labute approximate surface area is 126 Å². The Hall–Kier alpha value is -1.55. The van der Waals surface area contributed by atoms with Gasteiger partial charge in [0.1, 0.15) is 17.8 Å². The van der Waals surface area contributed by atoms with Crippen molar-refractivity contribution in [2.45, 2.75) is 24.9 Å². The van der Waals surface area contributed by atoms with Gasteiger partial charge in [-0.1, -0.05) is 0 Å². The standard InChI is InChI=1S/C12H17N5O3S/c1-16(2)11-13-4-6-10(15-11)17(12(21)14-6)9-3-7(19)8(5-18)20-9/h4,7-9,18-19H,3,5H2,1-2H3,(H,14,21)/t7-,8+,9-/m1/s1. The van der Waals surface area contributed by atoms with E-state index in [1.165, 1.54) is 0 Å². The number of aromatic nitrogens is 4. The van der Waals surface area contributed by atoms with E-state index in [1.807, 2.05) is 14.1 Å². The van der Waals surface area contributed by atoms with Crippen molar-refractivity contribution in [3.8, 4) is 0 Å². The molecular formula is C12H17N5O3S. The molecule has 8 nitrogen and oxygen atoms in total. The predicted octanol–water partition coefficient (Wildman–Crippen LogP) is 0.196. The number of rotatable bonds is 3. The fraction of sp³-hybridized carbons (Fsp3) is 0.583. The molecule has 2 aromatic heterocycles. The SMILES string of the molecule is CN(C)c1ncc2[nH]c(=S)n([C@H]3C[C@@H](O)[C@H](CO)O3)c2n1. The number of aromatic amines is 1. The first-order chi connectivity index (χ1) is 10.0. The lowest BCUT2D eigenvalue weighted by Gasteiger charge is -2.15. The number of anilines is 1. The minimum atomic E-state index is -0.720. The highest BCUT2D eigenvalue weighted by Gasteiger charge is 2.35. The van der Waals surface area contributed by atoms with E-state index in [9.17, 15) is 10.2 Å². The topological polar surface area (TPSA) is 99.4 Å². The highest BCUT2D eigenvalue weighted by molar-refractivity contribution is 7.71. The van der Waals surface area contributed by atoms with E-state index in [4.69, 9.17) is 17.0 Å². The third kappa shape index (κ3) is 2.42. The summed E-state index contributed by atoms with van der Waals surface area (Å²) in [4.78, 5) is 13.5. The van der Waals surface area contributed by atoms with Gasteiger partial charge in [-0.3, -0.25) is 4.57 Å². The maximum absolute atomic E-state index is 9.88. The lowest BCUT2D eigenvalue weighted by Crippen LogP contribution is -2.24. The highest BCUT2D eigenvalue weighted by atomic mass is 32.1. The summed E-state index contributed by atoms with van der Waals surface area (Å²) >= 11 is 5.31. The molecule has 9 heteroatoms. The van der Waals surface area contributed by atoms with Crippen LogP contribution in [0.4, 0.5) is 5.95 Å². The van der Waals surface area contributed by atoms with Crippen molar-refractivity contribution in [1.29, 1.82) is 0 Å². The lowest BCUT2D eigenvalue weighted by molar-refractivity contribution is -0.0436. The van der Waals surface area contributed by atoms with E-state index in [2.05, 4.69) is 15.0 Å². The maximum atomic E-state index is 9.88. The Balaban J connectivity index is 2.07. The average Bonchev–Trinajstić information content (AvgIpc) is 2.96. The van der Waals surface area contributed by atoms with E-state index >= 15 is 0 Å². The van der Waals surface area contributed by atoms with Crippen molar-refractivity contribution >= 4 is 29.3 Å². The fourth-order valence-electron chi connectivity index (χ4n) is 2.43. The molecule has 0 bridgehead atoms. The molecule has 0 radical (unpaired) electrons. The number of aliphatic hydroxyl groups excluding tert-OH is 2. The van der Waals surface area contributed by atoms with Crippen LogP contribution >= 0.6 is 12.2 Å². The first kappa shape index (κ1) is 14.4. The zero-order valence-electron chi connectivity index (χ0n) is 11.7. The summed E-state index contributed by atoms with van der Waals surface area (Å²) in [6, 6.07) is 0. The van der Waals surface area contributed by atoms with Gasteiger partial charge < -0.3 is 24.8 Å². The molecule has 1 saturated heterocycles. The lowest BCUT2D eigenvalue weighted by atomic mass is 10.2. The van der Waals surface area contributed by atoms with Gasteiger partial charge in [-0.05, 0) is 12.2 Å². The van der Waals surface area contributed by atoms with Gasteiger partial charge >= 0.3 is 0 Å². The predicted molar refractivity (Wildman–Crippen MR) is 78.7 cm³/mol. The molecule has 2 aromatic rings. The van der Waals surface area contributed by atoms with Crippen LogP contribution in [0, 0.1) is 4.77 Å². The Bertz CT molecular complexity index is 712. The Morgan fingerprint density at radius 3 is 2.95 bits per heavy atom. The Morgan fingerprint density at radius 1 is 1.57 bits per heavy atom. The summed E-state index contributed by atoms with van der Waals surface area (Å²) in [5, 5.41) is 19.1. The molecule has 3 atom stereocenters. The third-order valence-corrected chi connectivity index (χ3v) is 3.82. The summed E-state index contributed by atoms with van der Waals surface area (Å²) in [5.74, 6) is 0.558. The van der Waals surface area contributed by atoms with E-state index in [1.54, 1.807) is 15.7 Å². The number of ether oxygens (including phenoxy) is 1. The summed E-state index contributed by atoms with van der Waals surface area (Å²) in [6.07, 6.45) is 0.245. The van der Waals surface area contributed by atoms with Gasteiger partial charge in [-0.25, -0.2) is 4.98 Å². The minimum absolute atomic E-state index is 0.231. The third-order valence-electron chi connectivity index (χ3n) is 3.52. The number of nitrogens with zero attached hydrogens (tertiary/aromatic N) is 4. The van der Waals surface area contributed by atoms with E-state index in [0.29, 0.717) is 28.3 Å². The molecule has 0 aromatic carbocycles. The van der Waals surface area contributed by atoms with Crippen LogP contribution in [-0.4, -0.2) is 62.6 Å². The van der Waals surface area contributed by atoms with Gasteiger partial charge in [0.2, 0.25) is 5.95 Å². The maximum Gasteiger partial charge on any atom is 0.226 e. The molecule has 1 fully saturated rings.